The summed E-state index contributed by atoms with van der Waals surface area (Å²) in [6.45, 7) is 0. The zero-order valence-corrected chi connectivity index (χ0v) is 13.6. The zero-order chi connectivity index (χ0) is 17.6. The number of hydrogen-bond acceptors (Lipinski definition) is 3. The van der Waals surface area contributed by atoms with Crippen molar-refractivity contribution in [2.24, 2.45) is 0 Å². The Morgan fingerprint density at radius 3 is 2.56 bits per heavy atom. The fraction of sp³-hybridized carbons (Fsp3) is 0. The second-order valence-corrected chi connectivity index (χ2v) is 5.94. The first-order valence-electron chi connectivity index (χ1n) is 7.50. The number of halogens is 2. The smallest absolute Gasteiger partial charge is 0.150 e. The quantitative estimate of drug-likeness (QED) is 0.540. The molecule has 0 aliphatic carbocycles. The number of rotatable bonds is 2. The van der Waals surface area contributed by atoms with E-state index in [0.29, 0.717) is 33.2 Å². The van der Waals surface area contributed by atoms with Gasteiger partial charge >= 0.3 is 0 Å². The number of aromatic nitrogens is 2. The van der Waals surface area contributed by atoms with E-state index in [1.54, 1.807) is 22.7 Å². The van der Waals surface area contributed by atoms with Gasteiger partial charge in [-0.1, -0.05) is 23.7 Å². The molecular formula is C19H12ClFN2O2. The minimum Gasteiger partial charge on any atom is -0.507 e. The average molecular weight is 355 g/mol. The van der Waals surface area contributed by atoms with E-state index < -0.39 is 5.82 Å². The molecule has 0 atom stereocenters. The predicted molar refractivity (Wildman–Crippen MR) is 94.4 cm³/mol. The third-order valence-corrected chi connectivity index (χ3v) is 4.29. The summed E-state index contributed by atoms with van der Waals surface area (Å²) in [5.41, 5.74) is 1.94. The topological polar surface area (TPSA) is 57.8 Å². The van der Waals surface area contributed by atoms with E-state index in [0.717, 1.165) is 6.07 Å². The molecule has 0 fully saturated rings. The first-order chi connectivity index (χ1) is 12.1. The van der Waals surface area contributed by atoms with Crippen molar-refractivity contribution in [1.29, 1.82) is 0 Å². The molecule has 0 amide bonds. The van der Waals surface area contributed by atoms with Gasteiger partial charge < -0.3 is 10.2 Å². The Hall–Kier alpha value is -3.05. The lowest BCUT2D eigenvalue weighted by molar-refractivity contribution is 0.471. The van der Waals surface area contributed by atoms with Crippen molar-refractivity contribution in [2.45, 2.75) is 0 Å². The molecule has 4 rings (SSSR count). The highest BCUT2D eigenvalue weighted by Gasteiger charge is 2.20. The highest BCUT2D eigenvalue weighted by molar-refractivity contribution is 6.33. The van der Waals surface area contributed by atoms with Crippen LogP contribution >= 0.6 is 11.6 Å². The van der Waals surface area contributed by atoms with Crippen LogP contribution in [0.4, 0.5) is 4.39 Å². The Morgan fingerprint density at radius 2 is 1.80 bits per heavy atom. The van der Waals surface area contributed by atoms with Crippen molar-refractivity contribution in [3.63, 3.8) is 0 Å². The Morgan fingerprint density at radius 1 is 0.960 bits per heavy atom. The van der Waals surface area contributed by atoms with Crippen molar-refractivity contribution in [2.75, 3.05) is 0 Å². The molecular weight excluding hydrogens is 343 g/mol. The van der Waals surface area contributed by atoms with Crippen LogP contribution in [0.2, 0.25) is 5.02 Å². The Labute approximate surface area is 147 Å². The van der Waals surface area contributed by atoms with E-state index in [4.69, 9.17) is 11.6 Å². The summed E-state index contributed by atoms with van der Waals surface area (Å²) in [5, 5.41) is 20.7. The van der Waals surface area contributed by atoms with E-state index in [1.165, 1.54) is 18.2 Å². The van der Waals surface area contributed by atoms with Gasteiger partial charge in [-0.05, 0) is 36.4 Å². The number of benzene rings is 2. The number of fused-ring (bicyclic) bond motifs is 1. The minimum absolute atomic E-state index is 0.00173. The summed E-state index contributed by atoms with van der Waals surface area (Å²) in [6.07, 6.45) is 1.78. The predicted octanol–water partition coefficient (Wildman–Crippen LogP) is 4.87. The molecule has 4 nitrogen and oxygen atoms in total. The molecule has 2 N–H and O–H groups in total. The molecule has 6 heteroatoms. The molecule has 0 spiro atoms. The number of pyridine rings is 1. The zero-order valence-electron chi connectivity index (χ0n) is 12.8. The van der Waals surface area contributed by atoms with Crippen molar-refractivity contribution in [1.82, 2.24) is 9.38 Å². The lowest BCUT2D eigenvalue weighted by Crippen LogP contribution is -1.89. The number of hydrogen-bond donors (Lipinski definition) is 2. The van der Waals surface area contributed by atoms with Crippen molar-refractivity contribution >= 4 is 17.1 Å². The molecule has 124 valence electrons. The van der Waals surface area contributed by atoms with Crippen molar-refractivity contribution < 1.29 is 14.6 Å². The van der Waals surface area contributed by atoms with Crippen LogP contribution in [0, 0.1) is 5.82 Å². The van der Waals surface area contributed by atoms with Crippen LogP contribution in [-0.4, -0.2) is 19.6 Å². The van der Waals surface area contributed by atoms with Crippen LogP contribution in [0.3, 0.4) is 0 Å². The van der Waals surface area contributed by atoms with Crippen molar-refractivity contribution in [3.8, 4) is 34.1 Å². The maximum atomic E-state index is 13.3. The number of nitrogens with zero attached hydrogens (tertiary/aromatic N) is 2. The third kappa shape index (κ3) is 2.49. The molecule has 2 aromatic heterocycles. The van der Waals surface area contributed by atoms with Gasteiger partial charge in [0.1, 0.15) is 23.0 Å². The summed E-state index contributed by atoms with van der Waals surface area (Å²) in [5.74, 6) is -0.317. The van der Waals surface area contributed by atoms with E-state index in [9.17, 15) is 14.6 Å². The van der Waals surface area contributed by atoms with Gasteiger partial charge in [0, 0.05) is 17.8 Å². The third-order valence-electron chi connectivity index (χ3n) is 3.98. The lowest BCUT2D eigenvalue weighted by Gasteiger charge is -2.05. The standard InChI is InChI=1S/C19H12ClFN2O2/c20-13-4-3-6-15(24)17(13)19-22-18(14-5-1-2-9-23(14)19)12-8-7-11(21)10-16(12)25/h1-10,24-25H. The van der Waals surface area contributed by atoms with Crippen LogP contribution in [0.1, 0.15) is 0 Å². The van der Waals surface area contributed by atoms with Crippen LogP contribution < -0.4 is 0 Å². The first kappa shape index (κ1) is 15.5. The summed E-state index contributed by atoms with van der Waals surface area (Å²) in [6, 6.07) is 14.1. The van der Waals surface area contributed by atoms with Gasteiger partial charge in [-0.15, -0.1) is 0 Å². The Kier molecular flexibility index (Phi) is 3.58. The molecule has 2 aromatic carbocycles. The van der Waals surface area contributed by atoms with E-state index in [1.807, 2.05) is 18.2 Å². The second kappa shape index (κ2) is 5.79. The number of phenolic OH excluding ortho intramolecular Hbond substituents is 2. The molecule has 0 aliphatic rings. The fourth-order valence-electron chi connectivity index (χ4n) is 2.85. The van der Waals surface area contributed by atoms with Crippen LogP contribution in [-0.2, 0) is 0 Å². The highest BCUT2D eigenvalue weighted by atomic mass is 35.5. The van der Waals surface area contributed by atoms with E-state index in [2.05, 4.69) is 4.98 Å². The van der Waals surface area contributed by atoms with Gasteiger partial charge in [-0.25, -0.2) is 9.37 Å². The van der Waals surface area contributed by atoms with Gasteiger partial charge in [0.05, 0.1) is 16.1 Å². The first-order valence-corrected chi connectivity index (χ1v) is 7.88. The number of phenols is 2. The summed E-state index contributed by atoms with van der Waals surface area (Å²) < 4.78 is 15.1. The minimum atomic E-state index is -0.534. The fourth-order valence-corrected chi connectivity index (χ4v) is 3.11. The molecule has 0 aliphatic heterocycles. The summed E-state index contributed by atoms with van der Waals surface area (Å²) in [4.78, 5) is 4.58. The van der Waals surface area contributed by atoms with Crippen LogP contribution in [0.25, 0.3) is 28.2 Å². The van der Waals surface area contributed by atoms with Crippen LogP contribution in [0.15, 0.2) is 60.8 Å². The molecule has 0 saturated heterocycles. The molecule has 0 radical (unpaired) electrons. The van der Waals surface area contributed by atoms with Gasteiger partial charge in [-0.2, -0.15) is 0 Å². The largest absolute Gasteiger partial charge is 0.507 e. The van der Waals surface area contributed by atoms with Crippen LogP contribution in [0.5, 0.6) is 11.5 Å². The lowest BCUT2D eigenvalue weighted by atomic mass is 10.1. The Bertz CT molecular complexity index is 1090. The highest BCUT2D eigenvalue weighted by Crippen LogP contribution is 2.39. The molecule has 0 saturated carbocycles. The maximum absolute atomic E-state index is 13.3. The molecule has 0 bridgehead atoms. The molecule has 25 heavy (non-hydrogen) atoms. The SMILES string of the molecule is Oc1cc(F)ccc1-c1nc(-c2c(O)cccc2Cl)n2ccccc12. The average Bonchev–Trinajstić information content (AvgIpc) is 2.94. The second-order valence-electron chi connectivity index (χ2n) is 5.54. The summed E-state index contributed by atoms with van der Waals surface area (Å²) >= 11 is 6.26. The molecule has 0 unspecified atom stereocenters. The van der Waals surface area contributed by atoms with Crippen molar-refractivity contribution in [3.05, 3.63) is 71.6 Å². The van der Waals surface area contributed by atoms with Gasteiger partial charge in [0.25, 0.3) is 0 Å². The molecule has 4 aromatic rings. The monoisotopic (exact) mass is 354 g/mol. The van der Waals surface area contributed by atoms with E-state index >= 15 is 0 Å². The number of imidazole rings is 1. The normalized spacial score (nSPS) is 11.1. The van der Waals surface area contributed by atoms with E-state index in [-0.39, 0.29) is 11.5 Å². The van der Waals surface area contributed by atoms with Gasteiger partial charge in [-0.3, -0.25) is 4.40 Å². The maximum Gasteiger partial charge on any atom is 0.150 e. The molecule has 2 heterocycles. The summed E-state index contributed by atoms with van der Waals surface area (Å²) in [7, 11) is 0. The Balaban J connectivity index is 2.06. The van der Waals surface area contributed by atoms with Gasteiger partial charge in [0.15, 0.2) is 5.82 Å². The number of aromatic hydroxyl groups is 2. The van der Waals surface area contributed by atoms with Gasteiger partial charge in [0.2, 0.25) is 0 Å².